The molecule has 0 spiro atoms. The van der Waals surface area contributed by atoms with E-state index in [1.165, 1.54) is 12.5 Å². The van der Waals surface area contributed by atoms with Crippen molar-refractivity contribution in [1.29, 1.82) is 0 Å². The van der Waals surface area contributed by atoms with Gasteiger partial charge < -0.3 is 15.2 Å². The van der Waals surface area contributed by atoms with Gasteiger partial charge >= 0.3 is 0 Å². The number of carbonyl (C=O) groups is 1. The first-order chi connectivity index (χ1) is 13.2. The molecule has 0 radical (unpaired) electrons. The van der Waals surface area contributed by atoms with Crippen LogP contribution in [0.2, 0.25) is 0 Å². The SMILES string of the molecule is CC(=O)Nc1ccc(NC2CC(c3ccc(-n4ccnc4)cc3)NN2)cc1. The molecule has 3 aromatic rings. The highest BCUT2D eigenvalue weighted by atomic mass is 16.1. The Hall–Kier alpha value is -3.16. The second kappa shape index (κ2) is 7.61. The minimum atomic E-state index is -0.0701. The first-order valence-corrected chi connectivity index (χ1v) is 8.91. The van der Waals surface area contributed by atoms with Gasteiger partial charge in [0.05, 0.1) is 12.5 Å². The van der Waals surface area contributed by atoms with E-state index in [2.05, 4.69) is 50.7 Å². The monoisotopic (exact) mass is 362 g/mol. The maximum Gasteiger partial charge on any atom is 0.221 e. The van der Waals surface area contributed by atoms with Crippen LogP contribution in [0.25, 0.3) is 5.69 Å². The normalized spacial score (nSPS) is 19.0. The first-order valence-electron chi connectivity index (χ1n) is 8.91. The fraction of sp³-hybridized carbons (Fsp3) is 0.200. The number of anilines is 2. The molecule has 4 N–H and O–H groups in total. The molecule has 1 saturated heterocycles. The highest BCUT2D eigenvalue weighted by molar-refractivity contribution is 5.88. The maximum atomic E-state index is 11.1. The van der Waals surface area contributed by atoms with Crippen LogP contribution in [0.5, 0.6) is 0 Å². The Balaban J connectivity index is 1.35. The molecule has 27 heavy (non-hydrogen) atoms. The molecular weight excluding hydrogens is 340 g/mol. The van der Waals surface area contributed by atoms with Gasteiger partial charge in [-0.2, -0.15) is 0 Å². The van der Waals surface area contributed by atoms with Crippen LogP contribution < -0.4 is 21.5 Å². The van der Waals surface area contributed by atoms with Crippen molar-refractivity contribution in [1.82, 2.24) is 20.4 Å². The number of nitrogens with one attached hydrogen (secondary N) is 4. The Labute approximate surface area is 157 Å². The van der Waals surface area contributed by atoms with Gasteiger partial charge in [0.15, 0.2) is 0 Å². The van der Waals surface area contributed by atoms with E-state index in [1.54, 1.807) is 12.5 Å². The van der Waals surface area contributed by atoms with Crippen LogP contribution in [-0.2, 0) is 4.79 Å². The van der Waals surface area contributed by atoms with Gasteiger partial charge in [0.1, 0.15) is 0 Å². The summed E-state index contributed by atoms with van der Waals surface area (Å²) in [4.78, 5) is 15.2. The molecule has 1 fully saturated rings. The molecule has 7 nitrogen and oxygen atoms in total. The van der Waals surface area contributed by atoms with Crippen molar-refractivity contribution >= 4 is 17.3 Å². The molecule has 0 bridgehead atoms. The van der Waals surface area contributed by atoms with Crippen molar-refractivity contribution < 1.29 is 4.79 Å². The summed E-state index contributed by atoms with van der Waals surface area (Å²) in [5, 5.41) is 6.22. The zero-order valence-electron chi connectivity index (χ0n) is 15.0. The van der Waals surface area contributed by atoms with Gasteiger partial charge in [0, 0.05) is 48.8 Å². The number of carbonyl (C=O) groups excluding carboxylic acids is 1. The average Bonchev–Trinajstić information content (AvgIpc) is 3.35. The molecule has 1 aromatic heterocycles. The zero-order chi connectivity index (χ0) is 18.6. The van der Waals surface area contributed by atoms with E-state index >= 15 is 0 Å². The largest absolute Gasteiger partial charge is 0.369 e. The van der Waals surface area contributed by atoms with Crippen molar-refractivity contribution in [3.8, 4) is 5.69 Å². The topological polar surface area (TPSA) is 83.0 Å². The fourth-order valence-corrected chi connectivity index (χ4v) is 3.21. The number of aromatic nitrogens is 2. The van der Waals surface area contributed by atoms with Crippen LogP contribution in [0.4, 0.5) is 11.4 Å². The highest BCUT2D eigenvalue weighted by Gasteiger charge is 2.24. The van der Waals surface area contributed by atoms with Gasteiger partial charge in [-0.25, -0.2) is 15.8 Å². The third-order valence-electron chi connectivity index (χ3n) is 4.55. The second-order valence-electron chi connectivity index (χ2n) is 6.59. The van der Waals surface area contributed by atoms with Crippen LogP contribution in [0.1, 0.15) is 24.9 Å². The Morgan fingerprint density at radius 1 is 1.07 bits per heavy atom. The zero-order valence-corrected chi connectivity index (χ0v) is 15.0. The van der Waals surface area contributed by atoms with E-state index in [-0.39, 0.29) is 18.1 Å². The summed E-state index contributed by atoms with van der Waals surface area (Å²) in [6, 6.07) is 16.4. The van der Waals surface area contributed by atoms with Gasteiger partial charge in [-0.15, -0.1) is 0 Å². The van der Waals surface area contributed by atoms with Crippen molar-refractivity contribution in [2.24, 2.45) is 0 Å². The Kier molecular flexibility index (Phi) is 4.86. The second-order valence-corrected chi connectivity index (χ2v) is 6.59. The van der Waals surface area contributed by atoms with Crippen LogP contribution in [0.3, 0.4) is 0 Å². The third-order valence-corrected chi connectivity index (χ3v) is 4.55. The van der Waals surface area contributed by atoms with Crippen molar-refractivity contribution in [2.75, 3.05) is 10.6 Å². The Morgan fingerprint density at radius 2 is 1.81 bits per heavy atom. The molecule has 2 atom stereocenters. The summed E-state index contributed by atoms with van der Waals surface area (Å²) in [6.45, 7) is 1.50. The molecule has 7 heteroatoms. The van der Waals surface area contributed by atoms with Crippen molar-refractivity contribution in [3.05, 3.63) is 72.8 Å². The van der Waals surface area contributed by atoms with Crippen LogP contribution in [0, 0.1) is 0 Å². The van der Waals surface area contributed by atoms with Crippen LogP contribution in [0.15, 0.2) is 67.3 Å². The molecule has 4 rings (SSSR count). The van der Waals surface area contributed by atoms with Gasteiger partial charge in [-0.3, -0.25) is 4.79 Å². The molecule has 2 aromatic carbocycles. The highest BCUT2D eigenvalue weighted by Crippen LogP contribution is 2.24. The fourth-order valence-electron chi connectivity index (χ4n) is 3.21. The standard InChI is InChI=1S/C20H22N6O/c1-14(27)22-16-4-6-17(7-5-16)23-20-12-19(24-25-20)15-2-8-18(9-3-15)26-11-10-21-13-26/h2-11,13,19-20,23-25H,12H2,1H3,(H,22,27). The summed E-state index contributed by atoms with van der Waals surface area (Å²) >= 11 is 0. The number of amides is 1. The number of nitrogens with zero attached hydrogens (tertiary/aromatic N) is 2. The summed E-state index contributed by atoms with van der Waals surface area (Å²) in [5.41, 5.74) is 10.8. The lowest BCUT2D eigenvalue weighted by molar-refractivity contribution is -0.114. The molecule has 2 heterocycles. The predicted molar refractivity (Wildman–Crippen MR) is 105 cm³/mol. The molecule has 2 unspecified atom stereocenters. The van der Waals surface area contributed by atoms with E-state index in [4.69, 9.17) is 0 Å². The number of hydrogen-bond donors (Lipinski definition) is 4. The number of hydrazine groups is 1. The molecule has 0 saturated carbocycles. The van der Waals surface area contributed by atoms with E-state index < -0.39 is 0 Å². The summed E-state index contributed by atoms with van der Waals surface area (Å²) in [5.74, 6) is -0.0701. The van der Waals surface area contributed by atoms with E-state index in [1.807, 2.05) is 35.0 Å². The molecule has 1 aliphatic rings. The number of hydrogen-bond acceptors (Lipinski definition) is 5. The minimum absolute atomic E-state index is 0.0701. The maximum absolute atomic E-state index is 11.1. The third kappa shape index (κ3) is 4.16. The predicted octanol–water partition coefficient (Wildman–Crippen LogP) is 2.81. The summed E-state index contributed by atoms with van der Waals surface area (Å²) in [6.07, 6.45) is 6.53. The summed E-state index contributed by atoms with van der Waals surface area (Å²) in [7, 11) is 0. The quantitative estimate of drug-likeness (QED) is 0.561. The number of imidazole rings is 1. The number of rotatable bonds is 5. The van der Waals surface area contributed by atoms with Gasteiger partial charge in [-0.1, -0.05) is 12.1 Å². The van der Waals surface area contributed by atoms with Crippen molar-refractivity contribution in [2.45, 2.75) is 25.6 Å². The lowest BCUT2D eigenvalue weighted by Gasteiger charge is -2.14. The minimum Gasteiger partial charge on any atom is -0.369 e. The first kappa shape index (κ1) is 17.3. The van der Waals surface area contributed by atoms with Gasteiger partial charge in [0.2, 0.25) is 5.91 Å². The van der Waals surface area contributed by atoms with Crippen LogP contribution in [-0.4, -0.2) is 21.6 Å². The average molecular weight is 362 g/mol. The summed E-state index contributed by atoms with van der Waals surface area (Å²) < 4.78 is 1.99. The smallest absolute Gasteiger partial charge is 0.221 e. The lowest BCUT2D eigenvalue weighted by Crippen LogP contribution is -2.35. The van der Waals surface area contributed by atoms with Gasteiger partial charge in [0.25, 0.3) is 0 Å². The van der Waals surface area contributed by atoms with E-state index in [0.717, 1.165) is 23.5 Å². The molecular formula is C20H22N6O. The number of benzene rings is 2. The Bertz CT molecular complexity index is 889. The lowest BCUT2D eigenvalue weighted by atomic mass is 10.0. The molecule has 138 valence electrons. The van der Waals surface area contributed by atoms with Gasteiger partial charge in [-0.05, 0) is 42.0 Å². The van der Waals surface area contributed by atoms with E-state index in [9.17, 15) is 4.79 Å². The van der Waals surface area contributed by atoms with E-state index in [0.29, 0.717) is 0 Å². The Morgan fingerprint density at radius 3 is 2.48 bits per heavy atom. The molecule has 0 aliphatic carbocycles. The molecule has 1 aliphatic heterocycles. The van der Waals surface area contributed by atoms with Crippen molar-refractivity contribution in [3.63, 3.8) is 0 Å². The van der Waals surface area contributed by atoms with Crippen LogP contribution >= 0.6 is 0 Å². The molecule has 1 amide bonds.